The van der Waals surface area contributed by atoms with Gasteiger partial charge in [-0.2, -0.15) is 11.8 Å². The van der Waals surface area contributed by atoms with Crippen molar-refractivity contribution in [1.82, 2.24) is 10.2 Å². The summed E-state index contributed by atoms with van der Waals surface area (Å²) in [5, 5.41) is 2.97. The monoisotopic (exact) mass is 310 g/mol. The molecule has 0 bridgehead atoms. The number of carbonyl (C=O) groups excluding carboxylic acids is 1. The largest absolute Gasteiger partial charge is 0.493 e. The Hall–Kier alpha value is -1.56. The predicted octanol–water partition coefficient (Wildman–Crippen LogP) is 2.22. The van der Waals surface area contributed by atoms with Crippen LogP contribution in [0.4, 0.5) is 4.79 Å². The molecule has 2 amide bonds. The van der Waals surface area contributed by atoms with Gasteiger partial charge >= 0.3 is 6.03 Å². The molecule has 21 heavy (non-hydrogen) atoms. The smallest absolute Gasteiger partial charge is 0.317 e. The maximum absolute atomic E-state index is 12.1. The average molecular weight is 310 g/mol. The number of ether oxygens (including phenoxy) is 2. The van der Waals surface area contributed by atoms with Gasteiger partial charge in [0.25, 0.3) is 0 Å². The molecule has 1 fully saturated rings. The standard InChI is InChI=1S/C15H22N2O3S/c1-12(16-15(18)17-7-9-21-10-8-17)11-20-14-6-4-3-5-13(14)19-2/h3-6,12H,7-11H2,1-2H3,(H,16,18)/t12-/m1/s1. The molecular formula is C15H22N2O3S. The van der Waals surface area contributed by atoms with Crippen LogP contribution in [0, 0.1) is 0 Å². The number of para-hydroxylation sites is 2. The van der Waals surface area contributed by atoms with E-state index < -0.39 is 0 Å². The molecule has 1 aromatic carbocycles. The minimum atomic E-state index is -0.0583. The summed E-state index contributed by atoms with van der Waals surface area (Å²) in [7, 11) is 1.61. The lowest BCUT2D eigenvalue weighted by Gasteiger charge is -2.28. The van der Waals surface area contributed by atoms with Crippen LogP contribution in [0.2, 0.25) is 0 Å². The van der Waals surface area contributed by atoms with Crippen molar-refractivity contribution in [3.63, 3.8) is 0 Å². The van der Waals surface area contributed by atoms with Gasteiger partial charge in [0.15, 0.2) is 11.5 Å². The molecule has 116 valence electrons. The van der Waals surface area contributed by atoms with Gasteiger partial charge in [-0.25, -0.2) is 4.79 Å². The Morgan fingerprint density at radius 2 is 2.00 bits per heavy atom. The van der Waals surface area contributed by atoms with Crippen LogP contribution in [0.15, 0.2) is 24.3 Å². The summed E-state index contributed by atoms with van der Waals surface area (Å²) in [4.78, 5) is 13.9. The van der Waals surface area contributed by atoms with E-state index in [0.717, 1.165) is 24.6 Å². The number of methoxy groups -OCH3 is 1. The summed E-state index contributed by atoms with van der Waals surface area (Å²) in [5.41, 5.74) is 0. The van der Waals surface area contributed by atoms with Crippen molar-refractivity contribution in [2.24, 2.45) is 0 Å². The lowest BCUT2D eigenvalue weighted by Crippen LogP contribution is -2.48. The predicted molar refractivity (Wildman–Crippen MR) is 85.4 cm³/mol. The molecule has 0 unspecified atom stereocenters. The van der Waals surface area contributed by atoms with Crippen molar-refractivity contribution < 1.29 is 14.3 Å². The summed E-state index contributed by atoms with van der Waals surface area (Å²) in [6.45, 7) is 3.98. The normalized spacial score (nSPS) is 16.2. The molecule has 0 radical (unpaired) electrons. The highest BCUT2D eigenvalue weighted by Crippen LogP contribution is 2.25. The zero-order valence-electron chi connectivity index (χ0n) is 12.5. The van der Waals surface area contributed by atoms with Gasteiger partial charge in [-0.15, -0.1) is 0 Å². The van der Waals surface area contributed by atoms with Gasteiger partial charge in [0, 0.05) is 24.6 Å². The van der Waals surface area contributed by atoms with Crippen molar-refractivity contribution in [3.8, 4) is 11.5 Å². The molecule has 0 aromatic heterocycles. The maximum atomic E-state index is 12.1. The second-order valence-electron chi connectivity index (χ2n) is 4.91. The Morgan fingerprint density at radius 1 is 1.33 bits per heavy atom. The molecule has 1 aliphatic heterocycles. The van der Waals surface area contributed by atoms with Crippen LogP contribution in [0.3, 0.4) is 0 Å². The molecule has 1 N–H and O–H groups in total. The first kappa shape index (κ1) is 15.8. The van der Waals surface area contributed by atoms with Crippen LogP contribution < -0.4 is 14.8 Å². The molecule has 0 aliphatic carbocycles. The zero-order chi connectivity index (χ0) is 15.1. The van der Waals surface area contributed by atoms with E-state index in [0.29, 0.717) is 18.1 Å². The summed E-state index contributed by atoms with van der Waals surface area (Å²) in [6, 6.07) is 7.43. The van der Waals surface area contributed by atoms with E-state index in [1.54, 1.807) is 7.11 Å². The number of benzene rings is 1. The average Bonchev–Trinajstić information content (AvgIpc) is 2.54. The van der Waals surface area contributed by atoms with Crippen LogP contribution in [-0.4, -0.2) is 55.3 Å². The first-order chi connectivity index (χ1) is 10.2. The fourth-order valence-electron chi connectivity index (χ4n) is 2.06. The lowest BCUT2D eigenvalue weighted by atomic mass is 10.3. The zero-order valence-corrected chi connectivity index (χ0v) is 13.3. The Balaban J connectivity index is 1.78. The van der Waals surface area contributed by atoms with Gasteiger partial charge in [0.1, 0.15) is 6.61 Å². The van der Waals surface area contributed by atoms with Gasteiger partial charge in [-0.1, -0.05) is 12.1 Å². The fraction of sp³-hybridized carbons (Fsp3) is 0.533. The summed E-state index contributed by atoms with van der Waals surface area (Å²) >= 11 is 1.89. The summed E-state index contributed by atoms with van der Waals surface area (Å²) < 4.78 is 10.9. The number of hydrogen-bond acceptors (Lipinski definition) is 4. The highest BCUT2D eigenvalue weighted by Gasteiger charge is 2.18. The molecule has 2 rings (SSSR count). The van der Waals surface area contributed by atoms with E-state index in [-0.39, 0.29) is 12.1 Å². The quantitative estimate of drug-likeness (QED) is 0.906. The first-order valence-electron chi connectivity index (χ1n) is 7.09. The molecule has 1 saturated heterocycles. The third-order valence-electron chi connectivity index (χ3n) is 3.23. The SMILES string of the molecule is COc1ccccc1OC[C@@H](C)NC(=O)N1CCSCC1. The molecular weight excluding hydrogens is 288 g/mol. The van der Waals surface area contributed by atoms with E-state index in [2.05, 4.69) is 5.32 Å². The highest BCUT2D eigenvalue weighted by molar-refractivity contribution is 7.99. The lowest BCUT2D eigenvalue weighted by molar-refractivity contribution is 0.191. The number of nitrogens with zero attached hydrogens (tertiary/aromatic N) is 1. The van der Waals surface area contributed by atoms with Crippen molar-refractivity contribution >= 4 is 17.8 Å². The van der Waals surface area contributed by atoms with Gasteiger partial charge in [0.2, 0.25) is 0 Å². The molecule has 1 aromatic rings. The molecule has 5 nitrogen and oxygen atoms in total. The molecule has 0 spiro atoms. The van der Waals surface area contributed by atoms with Crippen molar-refractivity contribution in [3.05, 3.63) is 24.3 Å². The van der Waals surface area contributed by atoms with Gasteiger partial charge in [0.05, 0.1) is 13.2 Å². The van der Waals surface area contributed by atoms with E-state index >= 15 is 0 Å². The molecule has 6 heteroatoms. The minimum Gasteiger partial charge on any atom is -0.493 e. The van der Waals surface area contributed by atoms with E-state index in [9.17, 15) is 4.79 Å². The molecule has 1 atom stereocenters. The van der Waals surface area contributed by atoms with Crippen molar-refractivity contribution in [2.45, 2.75) is 13.0 Å². The van der Waals surface area contributed by atoms with Gasteiger partial charge in [-0.3, -0.25) is 0 Å². The number of rotatable bonds is 5. The van der Waals surface area contributed by atoms with Crippen molar-refractivity contribution in [1.29, 1.82) is 0 Å². The topological polar surface area (TPSA) is 50.8 Å². The Morgan fingerprint density at radius 3 is 2.67 bits per heavy atom. The molecule has 1 aliphatic rings. The summed E-state index contributed by atoms with van der Waals surface area (Å²) in [5.74, 6) is 3.42. The maximum Gasteiger partial charge on any atom is 0.317 e. The van der Waals surface area contributed by atoms with Crippen LogP contribution in [0.25, 0.3) is 0 Å². The van der Waals surface area contributed by atoms with Crippen molar-refractivity contribution in [2.75, 3.05) is 38.3 Å². The third-order valence-corrected chi connectivity index (χ3v) is 4.17. The fourth-order valence-corrected chi connectivity index (χ4v) is 2.97. The Kier molecular flexibility index (Phi) is 6.04. The highest BCUT2D eigenvalue weighted by atomic mass is 32.2. The molecule has 1 heterocycles. The number of thioether (sulfide) groups is 1. The van der Waals surface area contributed by atoms with E-state index in [1.165, 1.54) is 0 Å². The minimum absolute atomic E-state index is 0.00794. The number of urea groups is 1. The first-order valence-corrected chi connectivity index (χ1v) is 8.25. The van der Waals surface area contributed by atoms with E-state index in [1.807, 2.05) is 47.9 Å². The number of hydrogen-bond donors (Lipinski definition) is 1. The van der Waals surface area contributed by atoms with E-state index in [4.69, 9.17) is 9.47 Å². The van der Waals surface area contributed by atoms with Crippen LogP contribution >= 0.6 is 11.8 Å². The van der Waals surface area contributed by atoms with Gasteiger partial charge in [-0.05, 0) is 19.1 Å². The van der Waals surface area contributed by atoms with Crippen LogP contribution in [0.1, 0.15) is 6.92 Å². The van der Waals surface area contributed by atoms with Gasteiger partial charge < -0.3 is 19.7 Å². The van der Waals surface area contributed by atoms with Crippen LogP contribution in [-0.2, 0) is 0 Å². The number of nitrogens with one attached hydrogen (secondary N) is 1. The Labute approximate surface area is 130 Å². The molecule has 0 saturated carbocycles. The Bertz CT molecular complexity index is 464. The van der Waals surface area contributed by atoms with Crippen LogP contribution in [0.5, 0.6) is 11.5 Å². The number of amides is 2. The second-order valence-corrected chi connectivity index (χ2v) is 6.14. The second kappa shape index (κ2) is 8.02. The third kappa shape index (κ3) is 4.74. The summed E-state index contributed by atoms with van der Waals surface area (Å²) in [6.07, 6.45) is 0. The number of carbonyl (C=O) groups is 1.